The molecule has 0 aromatic rings. The number of nitrogens with one attached hydrogen (secondary N) is 1. The van der Waals surface area contributed by atoms with Gasteiger partial charge in [0.15, 0.2) is 0 Å². The lowest BCUT2D eigenvalue weighted by Gasteiger charge is -2.28. The van der Waals surface area contributed by atoms with Crippen LogP contribution < -0.4 is 5.32 Å². The van der Waals surface area contributed by atoms with Crippen LogP contribution in [0.5, 0.6) is 0 Å². The van der Waals surface area contributed by atoms with Crippen LogP contribution in [0.25, 0.3) is 0 Å². The molecule has 0 amide bonds. The molecule has 0 aliphatic heterocycles. The summed E-state index contributed by atoms with van der Waals surface area (Å²) in [5, 5.41) is 3.69. The summed E-state index contributed by atoms with van der Waals surface area (Å²) in [6.07, 6.45) is 17.7. The van der Waals surface area contributed by atoms with E-state index in [9.17, 15) is 0 Å². The summed E-state index contributed by atoms with van der Waals surface area (Å²) < 4.78 is 16.4. The molecule has 0 saturated heterocycles. The monoisotopic (exact) mass is 439 g/mol. The zero-order chi connectivity index (χ0) is 20.4. The van der Waals surface area contributed by atoms with Crippen molar-refractivity contribution in [3.63, 3.8) is 0 Å². The van der Waals surface area contributed by atoms with Crippen molar-refractivity contribution < 1.29 is 13.3 Å². The van der Waals surface area contributed by atoms with Crippen LogP contribution in [0, 0.1) is 0 Å². The van der Waals surface area contributed by atoms with Crippen LogP contribution in [0.2, 0.25) is 6.04 Å². The van der Waals surface area contributed by atoms with E-state index in [2.05, 4.69) is 26.1 Å². The van der Waals surface area contributed by atoms with Crippen molar-refractivity contribution in [3.05, 3.63) is 0 Å². The molecule has 6 heteroatoms. The molecule has 28 heavy (non-hydrogen) atoms. The van der Waals surface area contributed by atoms with Crippen LogP contribution in [-0.4, -0.2) is 42.2 Å². The Hall–Kier alpha value is 0.347. The van der Waals surface area contributed by atoms with Crippen molar-refractivity contribution in [1.29, 1.82) is 0 Å². The Morgan fingerprint density at radius 1 is 0.679 bits per heavy atom. The van der Waals surface area contributed by atoms with E-state index in [0.717, 1.165) is 19.0 Å². The summed E-state index contributed by atoms with van der Waals surface area (Å²) in [5.74, 6) is 0. The molecule has 0 fully saturated rings. The molecular weight excluding hydrogens is 390 g/mol. The average Bonchev–Trinajstić information content (AvgIpc) is 2.67. The molecule has 0 aliphatic rings. The minimum atomic E-state index is -2.41. The van der Waals surface area contributed by atoms with Gasteiger partial charge in [0.05, 0.1) is 0 Å². The van der Waals surface area contributed by atoms with Crippen molar-refractivity contribution in [1.82, 2.24) is 5.32 Å². The van der Waals surface area contributed by atoms with Gasteiger partial charge in [-0.3, -0.25) is 0 Å². The Kier molecular flexibility index (Phi) is 21.1. The fraction of sp³-hybridized carbons (Fsp3) is 1.00. The first-order chi connectivity index (χ1) is 12.9. The van der Waals surface area contributed by atoms with Crippen LogP contribution in [0.15, 0.2) is 0 Å². The highest BCUT2D eigenvalue weighted by Crippen LogP contribution is 2.18. The van der Waals surface area contributed by atoms with Gasteiger partial charge < -0.3 is 18.6 Å². The van der Waals surface area contributed by atoms with Gasteiger partial charge in [-0.1, -0.05) is 77.6 Å². The Bertz CT molecular complexity index is 321. The highest BCUT2D eigenvalue weighted by molar-refractivity contribution is 6.60. The first-order valence-corrected chi connectivity index (χ1v) is 13.3. The van der Waals surface area contributed by atoms with E-state index in [1.807, 2.05) is 0 Å². The molecule has 0 radical (unpaired) electrons. The zero-order valence-corrected chi connectivity index (χ0v) is 21.6. The van der Waals surface area contributed by atoms with Gasteiger partial charge in [-0.15, -0.1) is 12.4 Å². The predicted octanol–water partition coefficient (Wildman–Crippen LogP) is 6.75. The summed E-state index contributed by atoms with van der Waals surface area (Å²) in [7, 11) is 2.64. The second-order valence-corrected chi connectivity index (χ2v) is 11.6. The second kappa shape index (κ2) is 19.3. The van der Waals surface area contributed by atoms with Gasteiger partial charge in [0.25, 0.3) is 0 Å². The van der Waals surface area contributed by atoms with Gasteiger partial charge >= 0.3 is 8.80 Å². The quantitative estimate of drug-likeness (QED) is 0.168. The SMILES string of the molecule is CCCCCCCCCCCCCC(C)(C)NCCC[Si](OC)(OC)OC.Cl. The maximum absolute atomic E-state index is 5.48. The highest BCUT2D eigenvalue weighted by atomic mass is 35.5. The molecule has 0 aromatic heterocycles. The van der Waals surface area contributed by atoms with Crippen LogP contribution >= 0.6 is 12.4 Å². The predicted molar refractivity (Wildman–Crippen MR) is 127 cm³/mol. The van der Waals surface area contributed by atoms with E-state index in [1.165, 1.54) is 77.0 Å². The maximum atomic E-state index is 5.48. The van der Waals surface area contributed by atoms with Crippen LogP contribution in [-0.2, 0) is 13.3 Å². The molecule has 0 atom stereocenters. The number of hydrogen-bond donors (Lipinski definition) is 1. The van der Waals surface area contributed by atoms with E-state index in [0.29, 0.717) is 0 Å². The third-order valence-electron chi connectivity index (χ3n) is 5.60. The smallest absolute Gasteiger partial charge is 0.377 e. The third kappa shape index (κ3) is 16.2. The minimum absolute atomic E-state index is 0. The molecule has 0 spiro atoms. The Balaban J connectivity index is 0. The summed E-state index contributed by atoms with van der Waals surface area (Å²) in [4.78, 5) is 0. The van der Waals surface area contributed by atoms with Gasteiger partial charge in [-0.05, 0) is 33.2 Å². The zero-order valence-electron chi connectivity index (χ0n) is 19.7. The molecule has 0 heterocycles. The van der Waals surface area contributed by atoms with Gasteiger partial charge in [0.2, 0.25) is 0 Å². The van der Waals surface area contributed by atoms with Crippen molar-refractivity contribution in [3.8, 4) is 0 Å². The highest BCUT2D eigenvalue weighted by Gasteiger charge is 2.36. The molecule has 0 rings (SSSR count). The Morgan fingerprint density at radius 2 is 1.11 bits per heavy atom. The van der Waals surface area contributed by atoms with E-state index in [-0.39, 0.29) is 17.9 Å². The van der Waals surface area contributed by atoms with E-state index < -0.39 is 8.80 Å². The lowest BCUT2D eigenvalue weighted by atomic mass is 9.95. The second-order valence-electron chi connectivity index (χ2n) is 8.50. The van der Waals surface area contributed by atoms with Crippen LogP contribution in [0.4, 0.5) is 0 Å². The minimum Gasteiger partial charge on any atom is -0.377 e. The number of hydrogen-bond acceptors (Lipinski definition) is 4. The first kappa shape index (κ1) is 30.5. The fourth-order valence-electron chi connectivity index (χ4n) is 3.61. The number of halogens is 1. The molecule has 0 saturated carbocycles. The Labute approximate surface area is 183 Å². The molecule has 0 bridgehead atoms. The lowest BCUT2D eigenvalue weighted by molar-refractivity contribution is 0.122. The van der Waals surface area contributed by atoms with Crippen LogP contribution in [0.1, 0.15) is 104 Å². The van der Waals surface area contributed by atoms with Crippen molar-refractivity contribution in [2.45, 2.75) is 116 Å². The number of rotatable bonds is 20. The normalized spacial score (nSPS) is 12.2. The van der Waals surface area contributed by atoms with Gasteiger partial charge in [0, 0.05) is 32.9 Å². The maximum Gasteiger partial charge on any atom is 0.500 e. The molecule has 4 nitrogen and oxygen atoms in total. The molecule has 0 aromatic carbocycles. The number of unbranched alkanes of at least 4 members (excludes halogenated alkanes) is 10. The van der Waals surface area contributed by atoms with E-state index in [4.69, 9.17) is 13.3 Å². The van der Waals surface area contributed by atoms with Gasteiger partial charge in [0.1, 0.15) is 0 Å². The largest absolute Gasteiger partial charge is 0.500 e. The standard InChI is InChI=1S/C22H49NO3Si.ClH/c1-7-8-9-10-11-12-13-14-15-16-17-19-22(2,3)23-20-18-21-27(24-4,25-5)26-6;/h23H,7-21H2,1-6H3;1H. The molecule has 1 N–H and O–H groups in total. The van der Waals surface area contributed by atoms with Gasteiger partial charge in [-0.25, -0.2) is 0 Å². The van der Waals surface area contributed by atoms with E-state index >= 15 is 0 Å². The first-order valence-electron chi connectivity index (χ1n) is 11.4. The van der Waals surface area contributed by atoms with Crippen molar-refractivity contribution >= 4 is 21.2 Å². The molecule has 172 valence electrons. The fourth-order valence-corrected chi connectivity index (χ4v) is 5.33. The van der Waals surface area contributed by atoms with Crippen molar-refractivity contribution in [2.75, 3.05) is 27.9 Å². The summed E-state index contributed by atoms with van der Waals surface area (Å²) in [6.45, 7) is 7.90. The molecular formula is C22H50ClNO3Si. The van der Waals surface area contributed by atoms with Crippen LogP contribution in [0.3, 0.4) is 0 Å². The summed E-state index contributed by atoms with van der Waals surface area (Å²) >= 11 is 0. The summed E-state index contributed by atoms with van der Waals surface area (Å²) in [5.41, 5.74) is 0.205. The topological polar surface area (TPSA) is 39.7 Å². The third-order valence-corrected chi connectivity index (χ3v) is 8.43. The molecule has 0 unspecified atom stereocenters. The summed E-state index contributed by atoms with van der Waals surface area (Å²) in [6, 6.07) is 0.859. The lowest BCUT2D eigenvalue weighted by Crippen LogP contribution is -2.44. The van der Waals surface area contributed by atoms with E-state index in [1.54, 1.807) is 21.3 Å². The Morgan fingerprint density at radius 3 is 1.54 bits per heavy atom. The molecule has 0 aliphatic carbocycles. The average molecular weight is 440 g/mol. The van der Waals surface area contributed by atoms with Gasteiger partial charge in [-0.2, -0.15) is 0 Å². The van der Waals surface area contributed by atoms with Crippen molar-refractivity contribution in [2.24, 2.45) is 0 Å².